The number of carbonyl (C=O) groups is 3. The first-order valence-electron chi connectivity index (χ1n) is 5.24. The van der Waals surface area contributed by atoms with Crippen molar-refractivity contribution >= 4 is 18.0 Å². The zero-order valence-electron chi connectivity index (χ0n) is 9.37. The van der Waals surface area contributed by atoms with Crippen molar-refractivity contribution in [2.45, 2.75) is 0 Å². The Morgan fingerprint density at radius 1 is 1.44 bits per heavy atom. The van der Waals surface area contributed by atoms with E-state index in [-0.39, 0.29) is 18.8 Å². The highest BCUT2D eigenvalue weighted by molar-refractivity contribution is 5.95. The van der Waals surface area contributed by atoms with Crippen LogP contribution in [0.3, 0.4) is 0 Å². The van der Waals surface area contributed by atoms with Crippen LogP contribution in [0.1, 0.15) is 10.5 Å². The number of aromatic nitrogens is 1. The second kappa shape index (κ2) is 5.26. The second-order valence-corrected chi connectivity index (χ2v) is 3.45. The molecule has 0 bridgehead atoms. The average Bonchev–Trinajstić information content (AvgIpc) is 2.83. The molecule has 1 aliphatic rings. The van der Waals surface area contributed by atoms with Crippen LogP contribution in [0.5, 0.6) is 0 Å². The predicted molar refractivity (Wildman–Crippen MR) is 57.6 cm³/mol. The van der Waals surface area contributed by atoms with E-state index in [9.17, 15) is 14.4 Å². The molecule has 1 saturated heterocycles. The molecule has 0 radical (unpaired) electrons. The number of nitrogens with zero attached hydrogens (tertiary/aromatic N) is 2. The summed E-state index contributed by atoms with van der Waals surface area (Å²) in [5, 5.41) is 0. The molecule has 7 heteroatoms. The number of cyclic esters (lactones) is 1. The van der Waals surface area contributed by atoms with E-state index >= 15 is 0 Å². The van der Waals surface area contributed by atoms with Crippen LogP contribution < -0.4 is 0 Å². The third kappa shape index (κ3) is 2.62. The maximum Gasteiger partial charge on any atom is 0.416 e. The van der Waals surface area contributed by atoms with Gasteiger partial charge in [-0.05, 0) is 12.1 Å². The third-order valence-corrected chi connectivity index (χ3v) is 2.26. The van der Waals surface area contributed by atoms with Gasteiger partial charge in [0.05, 0.1) is 6.54 Å². The van der Waals surface area contributed by atoms with E-state index in [0.717, 1.165) is 4.90 Å². The molecule has 0 spiro atoms. The number of amides is 2. The van der Waals surface area contributed by atoms with Crippen molar-refractivity contribution in [2.24, 2.45) is 0 Å². The zero-order chi connectivity index (χ0) is 13.0. The molecule has 2 rings (SSSR count). The first-order chi connectivity index (χ1) is 8.68. The van der Waals surface area contributed by atoms with E-state index in [2.05, 4.69) is 9.72 Å². The maximum atomic E-state index is 11.5. The minimum atomic E-state index is -0.714. The van der Waals surface area contributed by atoms with E-state index in [1.807, 2.05) is 0 Å². The van der Waals surface area contributed by atoms with Gasteiger partial charge in [0.15, 0.2) is 6.61 Å². The number of ether oxygens (including phenoxy) is 2. The van der Waals surface area contributed by atoms with Crippen LogP contribution in [0.2, 0.25) is 0 Å². The normalized spacial score (nSPS) is 14.2. The first-order valence-corrected chi connectivity index (χ1v) is 5.24. The van der Waals surface area contributed by atoms with Gasteiger partial charge in [0.25, 0.3) is 5.91 Å². The lowest BCUT2D eigenvalue weighted by Gasteiger charge is -2.10. The zero-order valence-corrected chi connectivity index (χ0v) is 9.37. The fourth-order valence-electron chi connectivity index (χ4n) is 1.38. The van der Waals surface area contributed by atoms with Crippen LogP contribution in [0.4, 0.5) is 4.79 Å². The highest BCUT2D eigenvalue weighted by Gasteiger charge is 2.29. The van der Waals surface area contributed by atoms with Crippen LogP contribution in [0.25, 0.3) is 0 Å². The average molecular weight is 250 g/mol. The lowest BCUT2D eigenvalue weighted by atomic mass is 10.3. The van der Waals surface area contributed by atoms with Gasteiger partial charge >= 0.3 is 12.1 Å². The molecule has 1 fully saturated rings. The molecular weight excluding hydrogens is 240 g/mol. The molecule has 2 amide bonds. The SMILES string of the molecule is O=C(OCC(=O)N1CCOC1=O)c1ccccn1. The van der Waals surface area contributed by atoms with Gasteiger partial charge in [0.2, 0.25) is 0 Å². The lowest BCUT2D eigenvalue weighted by molar-refractivity contribution is -0.131. The maximum absolute atomic E-state index is 11.5. The summed E-state index contributed by atoms with van der Waals surface area (Å²) in [6.07, 6.45) is 0.727. The smallest absolute Gasteiger partial charge is 0.416 e. The number of hydrogen-bond acceptors (Lipinski definition) is 6. The summed E-state index contributed by atoms with van der Waals surface area (Å²) < 4.78 is 9.34. The molecule has 0 unspecified atom stereocenters. The predicted octanol–water partition coefficient (Wildman–Crippen LogP) is 0.217. The number of rotatable bonds is 3. The van der Waals surface area contributed by atoms with Gasteiger partial charge in [-0.1, -0.05) is 6.07 Å². The van der Waals surface area contributed by atoms with Crippen LogP contribution in [-0.2, 0) is 14.3 Å². The minimum absolute atomic E-state index is 0.106. The Labute approximate surface area is 102 Å². The van der Waals surface area contributed by atoms with Gasteiger partial charge in [-0.2, -0.15) is 0 Å². The van der Waals surface area contributed by atoms with Crippen LogP contribution in [0, 0.1) is 0 Å². The highest BCUT2D eigenvalue weighted by atomic mass is 16.6. The number of pyridine rings is 1. The van der Waals surface area contributed by atoms with Gasteiger partial charge in [-0.25, -0.2) is 19.5 Å². The summed E-state index contributed by atoms with van der Waals surface area (Å²) in [5.41, 5.74) is 0.106. The van der Waals surface area contributed by atoms with Crippen LogP contribution in [0.15, 0.2) is 24.4 Å². The minimum Gasteiger partial charge on any atom is -0.451 e. The molecule has 0 N–H and O–H groups in total. The van der Waals surface area contributed by atoms with Crippen LogP contribution in [-0.4, -0.2) is 47.6 Å². The summed E-state index contributed by atoms with van der Waals surface area (Å²) in [6.45, 7) is -0.165. The Morgan fingerprint density at radius 3 is 2.89 bits per heavy atom. The van der Waals surface area contributed by atoms with E-state index in [4.69, 9.17) is 4.74 Å². The quantitative estimate of drug-likeness (QED) is 0.713. The molecule has 0 atom stereocenters. The number of carbonyl (C=O) groups excluding carboxylic acids is 3. The Morgan fingerprint density at radius 2 is 2.28 bits per heavy atom. The Balaban J connectivity index is 1.86. The number of esters is 1. The van der Waals surface area contributed by atoms with Gasteiger partial charge < -0.3 is 9.47 Å². The first kappa shape index (κ1) is 12.0. The van der Waals surface area contributed by atoms with E-state index in [1.165, 1.54) is 12.3 Å². The molecular formula is C11H10N2O5. The summed E-state index contributed by atoms with van der Waals surface area (Å²) in [6, 6.07) is 4.75. The second-order valence-electron chi connectivity index (χ2n) is 3.45. The Hall–Kier alpha value is -2.44. The number of imide groups is 1. The van der Waals surface area contributed by atoms with Gasteiger partial charge in [0.1, 0.15) is 12.3 Å². The van der Waals surface area contributed by atoms with Gasteiger partial charge in [-0.15, -0.1) is 0 Å². The van der Waals surface area contributed by atoms with Crippen molar-refractivity contribution in [3.63, 3.8) is 0 Å². The topological polar surface area (TPSA) is 85.8 Å². The fraction of sp³-hybridized carbons (Fsp3) is 0.273. The lowest BCUT2D eigenvalue weighted by Crippen LogP contribution is -2.35. The molecule has 0 aromatic carbocycles. The Bertz CT molecular complexity index is 474. The molecule has 0 saturated carbocycles. The van der Waals surface area contributed by atoms with E-state index in [1.54, 1.807) is 12.1 Å². The molecule has 1 aromatic heterocycles. The third-order valence-electron chi connectivity index (χ3n) is 2.26. The van der Waals surface area contributed by atoms with Crippen molar-refractivity contribution in [3.05, 3.63) is 30.1 Å². The van der Waals surface area contributed by atoms with Crippen molar-refractivity contribution in [2.75, 3.05) is 19.8 Å². The molecule has 0 aliphatic carbocycles. The van der Waals surface area contributed by atoms with Gasteiger partial charge in [0, 0.05) is 6.20 Å². The van der Waals surface area contributed by atoms with E-state index in [0.29, 0.717) is 0 Å². The van der Waals surface area contributed by atoms with E-state index < -0.39 is 24.6 Å². The van der Waals surface area contributed by atoms with Crippen molar-refractivity contribution in [3.8, 4) is 0 Å². The molecule has 94 valence electrons. The summed E-state index contributed by atoms with van der Waals surface area (Å²) in [4.78, 5) is 38.7. The van der Waals surface area contributed by atoms with Crippen molar-refractivity contribution in [1.29, 1.82) is 0 Å². The molecule has 18 heavy (non-hydrogen) atoms. The summed E-state index contributed by atoms with van der Waals surface area (Å²) >= 11 is 0. The van der Waals surface area contributed by atoms with Crippen molar-refractivity contribution in [1.82, 2.24) is 9.88 Å². The highest BCUT2D eigenvalue weighted by Crippen LogP contribution is 2.04. The van der Waals surface area contributed by atoms with Crippen molar-refractivity contribution < 1.29 is 23.9 Å². The van der Waals surface area contributed by atoms with Crippen LogP contribution >= 0.6 is 0 Å². The largest absolute Gasteiger partial charge is 0.451 e. The Kier molecular flexibility index (Phi) is 3.52. The molecule has 2 heterocycles. The van der Waals surface area contributed by atoms with Gasteiger partial charge in [-0.3, -0.25) is 4.79 Å². The summed E-state index contributed by atoms with van der Waals surface area (Å²) in [5.74, 6) is -1.32. The molecule has 7 nitrogen and oxygen atoms in total. The monoisotopic (exact) mass is 250 g/mol. The summed E-state index contributed by atoms with van der Waals surface area (Å²) in [7, 11) is 0. The number of hydrogen-bond donors (Lipinski definition) is 0. The standard InChI is InChI=1S/C11H10N2O5/c14-9(13-5-6-17-11(13)16)7-18-10(15)8-3-1-2-4-12-8/h1-4H,5-7H2. The molecule has 1 aliphatic heterocycles. The molecule has 1 aromatic rings. The fourth-order valence-corrected chi connectivity index (χ4v) is 1.38.